The molecule has 0 unspecified atom stereocenters. The third kappa shape index (κ3) is 6.84. The number of anilines is 1. The minimum atomic E-state index is -0.788. The van der Waals surface area contributed by atoms with Gasteiger partial charge in [0.25, 0.3) is 0 Å². The maximum Gasteiger partial charge on any atom is 0.224 e. The van der Waals surface area contributed by atoms with Crippen molar-refractivity contribution < 1.29 is 23.8 Å². The first kappa shape index (κ1) is 18.3. The highest BCUT2D eigenvalue weighted by Gasteiger charge is 2.10. The molecule has 1 aromatic rings. The van der Waals surface area contributed by atoms with Gasteiger partial charge in [0.05, 0.1) is 17.7 Å². The molecule has 0 radical (unpaired) electrons. The maximum atomic E-state index is 13.0. The van der Waals surface area contributed by atoms with Crippen LogP contribution in [0.1, 0.15) is 12.8 Å². The van der Waals surface area contributed by atoms with Gasteiger partial charge < -0.3 is 20.5 Å². The van der Waals surface area contributed by atoms with Crippen LogP contribution in [0.3, 0.4) is 0 Å². The fourth-order valence-electron chi connectivity index (χ4n) is 1.60. The van der Waals surface area contributed by atoms with Crippen molar-refractivity contribution in [3.63, 3.8) is 0 Å². The number of aliphatic hydroxyl groups excluding tert-OH is 1. The van der Waals surface area contributed by atoms with E-state index in [1.165, 1.54) is 19.2 Å². The van der Waals surface area contributed by atoms with E-state index in [9.17, 15) is 19.1 Å². The quantitative estimate of drug-likeness (QED) is 0.670. The van der Waals surface area contributed by atoms with E-state index < -0.39 is 17.8 Å². The number of carbonyl (C=O) groups excluding carboxylic acids is 2. The molecule has 1 rings (SSSR count). The van der Waals surface area contributed by atoms with Crippen LogP contribution in [0, 0.1) is 5.82 Å². The largest absolute Gasteiger partial charge is 0.389 e. The Morgan fingerprint density at radius 3 is 2.68 bits per heavy atom. The first-order chi connectivity index (χ1) is 10.4. The van der Waals surface area contributed by atoms with Crippen LogP contribution in [0.2, 0.25) is 5.02 Å². The topological polar surface area (TPSA) is 87.7 Å². The van der Waals surface area contributed by atoms with Crippen molar-refractivity contribution >= 4 is 29.1 Å². The Hall–Kier alpha value is -1.70. The average Bonchev–Trinajstić information content (AvgIpc) is 2.47. The number of methoxy groups -OCH3 is 1. The Balaban J connectivity index is 2.30. The summed E-state index contributed by atoms with van der Waals surface area (Å²) in [6, 6.07) is 3.80. The molecule has 0 saturated heterocycles. The van der Waals surface area contributed by atoms with Crippen molar-refractivity contribution in [2.24, 2.45) is 0 Å². The fraction of sp³-hybridized carbons (Fsp3) is 0.429. The molecule has 122 valence electrons. The van der Waals surface area contributed by atoms with E-state index in [2.05, 4.69) is 10.6 Å². The predicted octanol–water partition coefficient (Wildman–Crippen LogP) is 1.32. The Kier molecular flexibility index (Phi) is 7.79. The number of amides is 2. The van der Waals surface area contributed by atoms with E-state index in [4.69, 9.17) is 16.3 Å². The number of rotatable bonds is 8. The first-order valence-electron chi connectivity index (χ1n) is 6.61. The standard InChI is InChI=1S/C14H18ClFN2O4/c1-22-8-10(19)7-17-13(20)4-5-14(21)18-9-2-3-12(16)11(15)6-9/h2-3,6,10,19H,4-5,7-8H2,1H3,(H,17,20)(H,18,21)/t10-/m0/s1. The summed E-state index contributed by atoms with van der Waals surface area (Å²) in [6.45, 7) is 0.175. The summed E-state index contributed by atoms with van der Waals surface area (Å²) in [5, 5.41) is 14.3. The lowest BCUT2D eigenvalue weighted by Gasteiger charge is -2.10. The smallest absolute Gasteiger partial charge is 0.224 e. The normalized spacial score (nSPS) is 11.8. The predicted molar refractivity (Wildman–Crippen MR) is 80.2 cm³/mol. The second-order valence-corrected chi connectivity index (χ2v) is 5.00. The SMILES string of the molecule is COC[C@@H](O)CNC(=O)CCC(=O)Nc1ccc(F)c(Cl)c1. The van der Waals surface area contributed by atoms with Gasteiger partial charge in [0.15, 0.2) is 0 Å². The van der Waals surface area contributed by atoms with Gasteiger partial charge in [-0.05, 0) is 18.2 Å². The number of hydrogen-bond donors (Lipinski definition) is 3. The molecule has 0 bridgehead atoms. The van der Waals surface area contributed by atoms with E-state index in [1.807, 2.05) is 0 Å². The van der Waals surface area contributed by atoms with Crippen LogP contribution < -0.4 is 10.6 Å². The molecular weight excluding hydrogens is 315 g/mol. The summed E-state index contributed by atoms with van der Waals surface area (Å²) in [7, 11) is 1.44. The van der Waals surface area contributed by atoms with Gasteiger partial charge in [-0.1, -0.05) is 11.6 Å². The lowest BCUT2D eigenvalue weighted by atomic mass is 10.2. The molecule has 8 heteroatoms. The number of ether oxygens (including phenoxy) is 1. The Morgan fingerprint density at radius 1 is 1.36 bits per heavy atom. The van der Waals surface area contributed by atoms with Crippen LogP contribution >= 0.6 is 11.6 Å². The summed E-state index contributed by atoms with van der Waals surface area (Å²) < 4.78 is 17.7. The molecule has 0 spiro atoms. The van der Waals surface area contributed by atoms with Gasteiger partial charge in [0.2, 0.25) is 11.8 Å². The Bertz CT molecular complexity index is 528. The molecule has 0 aliphatic heterocycles. The zero-order valence-corrected chi connectivity index (χ0v) is 12.8. The molecule has 22 heavy (non-hydrogen) atoms. The first-order valence-corrected chi connectivity index (χ1v) is 6.98. The van der Waals surface area contributed by atoms with E-state index >= 15 is 0 Å². The molecule has 1 aromatic carbocycles. The minimum Gasteiger partial charge on any atom is -0.389 e. The lowest BCUT2D eigenvalue weighted by molar-refractivity contribution is -0.124. The Morgan fingerprint density at radius 2 is 2.05 bits per heavy atom. The fourth-order valence-corrected chi connectivity index (χ4v) is 1.78. The number of halogens is 2. The number of benzene rings is 1. The van der Waals surface area contributed by atoms with Gasteiger partial charge in [0, 0.05) is 32.2 Å². The molecule has 2 amide bonds. The van der Waals surface area contributed by atoms with Gasteiger partial charge >= 0.3 is 0 Å². The monoisotopic (exact) mass is 332 g/mol. The summed E-state index contributed by atoms with van der Waals surface area (Å²) in [5.74, 6) is -1.33. The molecule has 3 N–H and O–H groups in total. The molecule has 0 heterocycles. The van der Waals surface area contributed by atoms with Gasteiger partial charge in [-0.2, -0.15) is 0 Å². The van der Waals surface area contributed by atoms with Crippen molar-refractivity contribution in [2.75, 3.05) is 25.6 Å². The van der Waals surface area contributed by atoms with Gasteiger partial charge in [-0.3, -0.25) is 9.59 Å². The van der Waals surface area contributed by atoms with Crippen molar-refractivity contribution in [3.8, 4) is 0 Å². The zero-order chi connectivity index (χ0) is 16.5. The summed E-state index contributed by atoms with van der Waals surface area (Å²) in [5.41, 5.74) is 0.354. The summed E-state index contributed by atoms with van der Waals surface area (Å²) >= 11 is 5.60. The third-order valence-corrected chi connectivity index (χ3v) is 2.97. The maximum absolute atomic E-state index is 13.0. The van der Waals surface area contributed by atoms with Crippen LogP contribution in [0.5, 0.6) is 0 Å². The zero-order valence-electron chi connectivity index (χ0n) is 12.1. The average molecular weight is 333 g/mol. The summed E-state index contributed by atoms with van der Waals surface area (Å²) in [6.07, 6.45) is -0.856. The van der Waals surface area contributed by atoms with E-state index in [0.717, 1.165) is 6.07 Å². The number of carbonyl (C=O) groups is 2. The third-order valence-electron chi connectivity index (χ3n) is 2.68. The van der Waals surface area contributed by atoms with Crippen molar-refractivity contribution in [2.45, 2.75) is 18.9 Å². The van der Waals surface area contributed by atoms with E-state index in [1.54, 1.807) is 0 Å². The molecule has 6 nitrogen and oxygen atoms in total. The van der Waals surface area contributed by atoms with Crippen LogP contribution in [0.4, 0.5) is 10.1 Å². The highest BCUT2D eigenvalue weighted by Crippen LogP contribution is 2.19. The molecule has 0 aromatic heterocycles. The molecule has 1 atom stereocenters. The Labute approximate surface area is 132 Å². The summed E-state index contributed by atoms with van der Waals surface area (Å²) in [4.78, 5) is 23.2. The van der Waals surface area contributed by atoms with Gasteiger partial charge in [-0.25, -0.2) is 4.39 Å². The molecular formula is C14H18ClFN2O4. The second kappa shape index (κ2) is 9.34. The van der Waals surface area contributed by atoms with Gasteiger partial charge in [-0.15, -0.1) is 0 Å². The van der Waals surface area contributed by atoms with Crippen LogP contribution in [-0.2, 0) is 14.3 Å². The number of nitrogens with one attached hydrogen (secondary N) is 2. The van der Waals surface area contributed by atoms with Crippen LogP contribution in [-0.4, -0.2) is 43.3 Å². The van der Waals surface area contributed by atoms with E-state index in [-0.39, 0.29) is 36.9 Å². The number of hydrogen-bond acceptors (Lipinski definition) is 4. The van der Waals surface area contributed by atoms with Crippen LogP contribution in [0.15, 0.2) is 18.2 Å². The van der Waals surface area contributed by atoms with Crippen molar-refractivity contribution in [1.82, 2.24) is 5.32 Å². The highest BCUT2D eigenvalue weighted by atomic mass is 35.5. The molecule has 0 fully saturated rings. The van der Waals surface area contributed by atoms with Gasteiger partial charge in [0.1, 0.15) is 5.82 Å². The molecule has 0 aliphatic rings. The second-order valence-electron chi connectivity index (χ2n) is 4.59. The highest BCUT2D eigenvalue weighted by molar-refractivity contribution is 6.31. The lowest BCUT2D eigenvalue weighted by Crippen LogP contribution is -2.34. The molecule has 0 saturated carbocycles. The van der Waals surface area contributed by atoms with E-state index in [0.29, 0.717) is 5.69 Å². The number of aliphatic hydroxyl groups is 1. The molecule has 0 aliphatic carbocycles. The van der Waals surface area contributed by atoms with Crippen molar-refractivity contribution in [3.05, 3.63) is 29.0 Å². The minimum absolute atomic E-state index is 0.0273. The van der Waals surface area contributed by atoms with Crippen molar-refractivity contribution in [1.29, 1.82) is 0 Å². The van der Waals surface area contributed by atoms with Crippen LogP contribution in [0.25, 0.3) is 0 Å².